The van der Waals surface area contributed by atoms with E-state index in [2.05, 4.69) is 29.7 Å². The molecule has 1 saturated carbocycles. The zero-order valence-electron chi connectivity index (χ0n) is 11.0. The Morgan fingerprint density at radius 3 is 2.24 bits per heavy atom. The Balaban J connectivity index is 1.55. The Morgan fingerprint density at radius 1 is 1.12 bits per heavy atom. The zero-order chi connectivity index (χ0) is 12.0. The van der Waals surface area contributed by atoms with E-state index in [0.29, 0.717) is 18.1 Å². The SMILES string of the molecule is CC(C)N1CCC(N2C(C#N)C2C2CC2)CC1. The summed E-state index contributed by atoms with van der Waals surface area (Å²) in [6.07, 6.45) is 5.26. The van der Waals surface area contributed by atoms with Gasteiger partial charge in [-0.25, -0.2) is 0 Å². The van der Waals surface area contributed by atoms with Crippen molar-refractivity contribution in [3.63, 3.8) is 0 Å². The second-order valence-corrected chi connectivity index (χ2v) is 6.21. The van der Waals surface area contributed by atoms with E-state index in [-0.39, 0.29) is 6.04 Å². The van der Waals surface area contributed by atoms with E-state index in [0.717, 1.165) is 5.92 Å². The third-order valence-electron chi connectivity index (χ3n) is 4.79. The van der Waals surface area contributed by atoms with Gasteiger partial charge in [-0.2, -0.15) is 5.26 Å². The molecule has 0 spiro atoms. The molecule has 1 aliphatic carbocycles. The fourth-order valence-corrected chi connectivity index (χ4v) is 3.52. The summed E-state index contributed by atoms with van der Waals surface area (Å²) < 4.78 is 0. The summed E-state index contributed by atoms with van der Waals surface area (Å²) in [6.45, 7) is 6.99. The van der Waals surface area contributed by atoms with Gasteiger partial charge in [0, 0.05) is 18.1 Å². The standard InChI is InChI=1S/C14H23N3/c1-10(2)16-7-5-12(6-8-16)17-13(9-15)14(17)11-3-4-11/h10-14H,3-8H2,1-2H3. The van der Waals surface area contributed by atoms with Crippen LogP contribution in [-0.2, 0) is 0 Å². The normalized spacial score (nSPS) is 39.3. The van der Waals surface area contributed by atoms with Crippen molar-refractivity contribution in [2.24, 2.45) is 5.92 Å². The van der Waals surface area contributed by atoms with Gasteiger partial charge in [-0.1, -0.05) is 0 Å². The van der Waals surface area contributed by atoms with E-state index in [1.807, 2.05) is 0 Å². The number of nitrogens with zero attached hydrogens (tertiary/aromatic N) is 3. The van der Waals surface area contributed by atoms with Gasteiger partial charge in [-0.15, -0.1) is 0 Å². The van der Waals surface area contributed by atoms with Crippen molar-refractivity contribution >= 4 is 0 Å². The molecule has 3 aliphatic rings. The van der Waals surface area contributed by atoms with E-state index in [1.54, 1.807) is 0 Å². The Morgan fingerprint density at radius 2 is 1.76 bits per heavy atom. The summed E-state index contributed by atoms with van der Waals surface area (Å²) in [6, 6.07) is 4.77. The molecule has 0 aromatic heterocycles. The molecule has 3 fully saturated rings. The van der Waals surface area contributed by atoms with Gasteiger partial charge >= 0.3 is 0 Å². The molecule has 2 heterocycles. The molecule has 0 bridgehead atoms. The first-order valence-corrected chi connectivity index (χ1v) is 7.13. The second-order valence-electron chi connectivity index (χ2n) is 6.21. The molecule has 3 heteroatoms. The van der Waals surface area contributed by atoms with Gasteiger partial charge in [-0.05, 0) is 58.5 Å². The molecule has 94 valence electrons. The minimum Gasteiger partial charge on any atom is -0.301 e. The summed E-state index contributed by atoms with van der Waals surface area (Å²) in [4.78, 5) is 5.09. The Bertz CT molecular complexity index is 321. The Kier molecular flexibility index (Phi) is 2.88. The van der Waals surface area contributed by atoms with E-state index in [1.165, 1.54) is 38.8 Å². The van der Waals surface area contributed by atoms with Crippen molar-refractivity contribution in [3.05, 3.63) is 0 Å². The van der Waals surface area contributed by atoms with Gasteiger partial charge in [0.25, 0.3) is 0 Å². The quantitative estimate of drug-likeness (QED) is 0.697. The number of hydrogen-bond donors (Lipinski definition) is 0. The van der Waals surface area contributed by atoms with Crippen LogP contribution in [0.4, 0.5) is 0 Å². The fourth-order valence-electron chi connectivity index (χ4n) is 3.52. The highest BCUT2D eigenvalue weighted by Gasteiger charge is 2.58. The summed E-state index contributed by atoms with van der Waals surface area (Å²) >= 11 is 0. The van der Waals surface area contributed by atoms with Crippen LogP contribution in [0.2, 0.25) is 0 Å². The van der Waals surface area contributed by atoms with Crippen LogP contribution in [0.5, 0.6) is 0 Å². The van der Waals surface area contributed by atoms with Crippen LogP contribution in [0.3, 0.4) is 0 Å². The predicted octanol–water partition coefficient (Wildman–Crippen LogP) is 1.85. The fraction of sp³-hybridized carbons (Fsp3) is 0.929. The number of nitriles is 1. The first-order chi connectivity index (χ1) is 8.22. The minimum atomic E-state index is 0.262. The van der Waals surface area contributed by atoms with Crippen molar-refractivity contribution in [3.8, 4) is 6.07 Å². The van der Waals surface area contributed by atoms with Crippen LogP contribution in [0.15, 0.2) is 0 Å². The summed E-state index contributed by atoms with van der Waals surface area (Å²) in [5.41, 5.74) is 0. The van der Waals surface area contributed by atoms with E-state index < -0.39 is 0 Å². The molecule has 17 heavy (non-hydrogen) atoms. The highest BCUT2D eigenvalue weighted by molar-refractivity contribution is 5.21. The molecule has 0 aromatic carbocycles. The summed E-state index contributed by atoms with van der Waals surface area (Å²) in [5.74, 6) is 0.864. The lowest BCUT2D eigenvalue weighted by Crippen LogP contribution is -2.43. The number of likely N-dealkylation sites (tertiary alicyclic amines) is 1. The molecular formula is C14H23N3. The third-order valence-corrected chi connectivity index (χ3v) is 4.79. The van der Waals surface area contributed by atoms with Gasteiger partial charge in [-0.3, -0.25) is 4.90 Å². The van der Waals surface area contributed by atoms with Crippen molar-refractivity contribution < 1.29 is 0 Å². The lowest BCUT2D eigenvalue weighted by Gasteiger charge is -2.35. The Hall–Kier alpha value is -0.590. The van der Waals surface area contributed by atoms with Crippen LogP contribution in [0.25, 0.3) is 0 Å². The van der Waals surface area contributed by atoms with Crippen LogP contribution in [0, 0.1) is 17.2 Å². The molecule has 3 rings (SSSR count). The molecular weight excluding hydrogens is 210 g/mol. The smallest absolute Gasteiger partial charge is 0.114 e. The average molecular weight is 233 g/mol. The van der Waals surface area contributed by atoms with Crippen LogP contribution in [-0.4, -0.2) is 47.1 Å². The number of hydrogen-bond acceptors (Lipinski definition) is 3. The van der Waals surface area contributed by atoms with Gasteiger partial charge in [0.15, 0.2) is 0 Å². The lowest BCUT2D eigenvalue weighted by atomic mass is 10.0. The predicted molar refractivity (Wildman–Crippen MR) is 67.5 cm³/mol. The van der Waals surface area contributed by atoms with Crippen LogP contribution < -0.4 is 0 Å². The summed E-state index contributed by atoms with van der Waals surface area (Å²) in [7, 11) is 0. The molecule has 3 nitrogen and oxygen atoms in total. The van der Waals surface area contributed by atoms with Crippen molar-refractivity contribution in [1.82, 2.24) is 9.80 Å². The lowest BCUT2D eigenvalue weighted by molar-refractivity contribution is 0.135. The monoisotopic (exact) mass is 233 g/mol. The molecule has 2 saturated heterocycles. The summed E-state index contributed by atoms with van der Waals surface area (Å²) in [5, 5.41) is 9.19. The first-order valence-electron chi connectivity index (χ1n) is 7.13. The molecule has 0 amide bonds. The maximum atomic E-state index is 9.19. The van der Waals surface area contributed by atoms with E-state index >= 15 is 0 Å². The van der Waals surface area contributed by atoms with Crippen molar-refractivity contribution in [2.45, 2.75) is 63.7 Å². The molecule has 0 aromatic rings. The molecule has 0 radical (unpaired) electrons. The maximum Gasteiger partial charge on any atom is 0.114 e. The highest BCUT2D eigenvalue weighted by Crippen LogP contribution is 2.48. The van der Waals surface area contributed by atoms with Gasteiger partial charge in [0.1, 0.15) is 6.04 Å². The average Bonchev–Trinajstić information content (AvgIpc) is 3.21. The topological polar surface area (TPSA) is 30.0 Å². The van der Waals surface area contributed by atoms with E-state index in [9.17, 15) is 5.26 Å². The largest absolute Gasteiger partial charge is 0.301 e. The molecule has 3 unspecified atom stereocenters. The van der Waals surface area contributed by atoms with Gasteiger partial charge < -0.3 is 4.90 Å². The van der Waals surface area contributed by atoms with E-state index in [4.69, 9.17) is 0 Å². The minimum absolute atomic E-state index is 0.262. The van der Waals surface area contributed by atoms with Crippen molar-refractivity contribution in [2.75, 3.05) is 13.1 Å². The second kappa shape index (κ2) is 4.26. The van der Waals surface area contributed by atoms with Crippen molar-refractivity contribution in [1.29, 1.82) is 5.26 Å². The maximum absolute atomic E-state index is 9.19. The first kappa shape index (κ1) is 11.5. The zero-order valence-corrected chi connectivity index (χ0v) is 11.0. The Labute approximate surface area is 104 Å². The molecule has 3 atom stereocenters. The van der Waals surface area contributed by atoms with Crippen LogP contribution in [0.1, 0.15) is 39.5 Å². The molecule has 0 N–H and O–H groups in total. The number of piperidine rings is 1. The number of rotatable bonds is 3. The van der Waals surface area contributed by atoms with Gasteiger partial charge in [0.2, 0.25) is 0 Å². The van der Waals surface area contributed by atoms with Crippen LogP contribution >= 0.6 is 0 Å². The third kappa shape index (κ3) is 2.09. The highest BCUT2D eigenvalue weighted by atomic mass is 15.4. The molecule has 2 aliphatic heterocycles. The van der Waals surface area contributed by atoms with Gasteiger partial charge in [0.05, 0.1) is 6.07 Å².